The lowest BCUT2D eigenvalue weighted by Crippen LogP contribution is -2.28. The Morgan fingerprint density at radius 1 is 1.13 bits per heavy atom. The molecule has 0 aliphatic heterocycles. The fourth-order valence-corrected chi connectivity index (χ4v) is 2.04. The van der Waals surface area contributed by atoms with Crippen LogP contribution in [0.5, 0.6) is 5.75 Å². The number of halogens is 1. The number of hydrogen-bond acceptors (Lipinski definition) is 3. The monoisotopic (exact) mass is 316 g/mol. The molecule has 122 valence electrons. The zero-order chi connectivity index (χ0) is 16.7. The van der Waals surface area contributed by atoms with E-state index < -0.39 is 5.82 Å². The first kappa shape index (κ1) is 17.0. The number of nitrogens with one attached hydrogen (secondary N) is 2. The number of para-hydroxylation sites is 1. The van der Waals surface area contributed by atoms with Crippen molar-refractivity contribution in [3.8, 4) is 5.75 Å². The van der Waals surface area contributed by atoms with Gasteiger partial charge in [0.2, 0.25) is 5.91 Å². The number of carbonyl (C=O) groups excluding carboxylic acids is 1. The van der Waals surface area contributed by atoms with Gasteiger partial charge in [0, 0.05) is 6.54 Å². The van der Waals surface area contributed by atoms with Gasteiger partial charge in [0.25, 0.3) is 0 Å². The van der Waals surface area contributed by atoms with Crippen molar-refractivity contribution < 1.29 is 13.9 Å². The van der Waals surface area contributed by atoms with E-state index in [2.05, 4.69) is 10.6 Å². The number of ether oxygens (including phenoxy) is 1. The van der Waals surface area contributed by atoms with Crippen molar-refractivity contribution in [3.63, 3.8) is 0 Å². The zero-order valence-corrected chi connectivity index (χ0v) is 13.3. The molecule has 4 nitrogen and oxygen atoms in total. The molecule has 1 amide bonds. The van der Waals surface area contributed by atoms with Crippen LogP contribution in [0.4, 0.5) is 10.1 Å². The van der Waals surface area contributed by atoms with Crippen molar-refractivity contribution in [2.75, 3.05) is 11.9 Å². The second-order valence-corrected chi connectivity index (χ2v) is 5.44. The molecule has 2 N–H and O–H groups in total. The molecule has 0 spiro atoms. The Hall–Kier alpha value is -2.40. The van der Waals surface area contributed by atoms with E-state index in [1.54, 1.807) is 12.1 Å². The number of carbonyl (C=O) groups is 1. The molecule has 5 heteroatoms. The third kappa shape index (κ3) is 5.71. The van der Waals surface area contributed by atoms with Crippen LogP contribution in [0.1, 0.15) is 19.4 Å². The van der Waals surface area contributed by atoms with Gasteiger partial charge in [0.1, 0.15) is 11.6 Å². The Labute approximate surface area is 135 Å². The Balaban J connectivity index is 1.76. The van der Waals surface area contributed by atoms with E-state index in [4.69, 9.17) is 4.74 Å². The van der Waals surface area contributed by atoms with Crippen LogP contribution in [-0.4, -0.2) is 18.6 Å². The predicted octanol–water partition coefficient (Wildman–Crippen LogP) is 3.34. The maximum absolute atomic E-state index is 13.4. The Kier molecular flexibility index (Phi) is 6.11. The summed E-state index contributed by atoms with van der Waals surface area (Å²) in [5.41, 5.74) is 1.23. The molecular weight excluding hydrogens is 295 g/mol. The minimum atomic E-state index is -0.443. The Morgan fingerprint density at radius 3 is 2.48 bits per heavy atom. The van der Waals surface area contributed by atoms with Gasteiger partial charge in [-0.15, -0.1) is 0 Å². The minimum Gasteiger partial charge on any atom is -0.491 e. The molecule has 0 radical (unpaired) electrons. The normalized spacial score (nSPS) is 10.6. The number of benzene rings is 2. The fourth-order valence-electron chi connectivity index (χ4n) is 2.04. The Morgan fingerprint density at radius 2 is 1.83 bits per heavy atom. The molecule has 0 heterocycles. The maximum Gasteiger partial charge on any atom is 0.238 e. The summed E-state index contributed by atoms with van der Waals surface area (Å²) in [5, 5.41) is 5.56. The highest BCUT2D eigenvalue weighted by atomic mass is 19.1. The molecule has 0 saturated heterocycles. The van der Waals surface area contributed by atoms with Crippen molar-refractivity contribution in [1.29, 1.82) is 0 Å². The first-order chi connectivity index (χ1) is 11.0. The van der Waals surface area contributed by atoms with Gasteiger partial charge in [-0.05, 0) is 43.7 Å². The van der Waals surface area contributed by atoms with Crippen LogP contribution in [0, 0.1) is 5.82 Å². The standard InChI is InChI=1S/C18H21FN2O2/c1-13(2)23-15-9-7-14(8-10-15)11-20-12-18(22)21-17-6-4-3-5-16(17)19/h3-10,13,20H,11-12H2,1-2H3,(H,21,22). The average Bonchev–Trinajstić information content (AvgIpc) is 2.51. The Bertz CT molecular complexity index is 642. The molecule has 0 bridgehead atoms. The van der Waals surface area contributed by atoms with E-state index in [1.807, 2.05) is 38.1 Å². The summed E-state index contributed by atoms with van der Waals surface area (Å²) in [4.78, 5) is 11.8. The van der Waals surface area contributed by atoms with Gasteiger partial charge >= 0.3 is 0 Å². The predicted molar refractivity (Wildman–Crippen MR) is 88.9 cm³/mol. The van der Waals surface area contributed by atoms with Crippen molar-refractivity contribution >= 4 is 11.6 Å². The summed E-state index contributed by atoms with van der Waals surface area (Å²) in [6.07, 6.45) is 0.140. The van der Waals surface area contributed by atoms with Crippen LogP contribution in [-0.2, 0) is 11.3 Å². The van der Waals surface area contributed by atoms with Gasteiger partial charge in [0.05, 0.1) is 18.3 Å². The number of rotatable bonds is 7. The first-order valence-electron chi connectivity index (χ1n) is 7.55. The summed E-state index contributed by atoms with van der Waals surface area (Å²) < 4.78 is 19.0. The van der Waals surface area contributed by atoms with E-state index in [-0.39, 0.29) is 24.2 Å². The highest BCUT2D eigenvalue weighted by Crippen LogP contribution is 2.14. The largest absolute Gasteiger partial charge is 0.491 e. The van der Waals surface area contributed by atoms with Crippen LogP contribution >= 0.6 is 0 Å². The van der Waals surface area contributed by atoms with Gasteiger partial charge in [-0.3, -0.25) is 4.79 Å². The second kappa shape index (κ2) is 8.29. The van der Waals surface area contributed by atoms with Crippen LogP contribution in [0.15, 0.2) is 48.5 Å². The summed E-state index contributed by atoms with van der Waals surface area (Å²) in [6, 6.07) is 13.8. The highest BCUT2D eigenvalue weighted by molar-refractivity contribution is 5.92. The molecule has 23 heavy (non-hydrogen) atoms. The SMILES string of the molecule is CC(C)Oc1ccc(CNCC(=O)Nc2ccccc2F)cc1. The maximum atomic E-state index is 13.4. The van der Waals surface area contributed by atoms with Crippen LogP contribution < -0.4 is 15.4 Å². The summed E-state index contributed by atoms with van der Waals surface area (Å²) in [6.45, 7) is 4.61. The molecule has 0 fully saturated rings. The smallest absolute Gasteiger partial charge is 0.238 e. The van der Waals surface area contributed by atoms with Crippen molar-refractivity contribution in [2.45, 2.75) is 26.5 Å². The van der Waals surface area contributed by atoms with Gasteiger partial charge in [-0.2, -0.15) is 0 Å². The van der Waals surface area contributed by atoms with Gasteiger partial charge in [-0.25, -0.2) is 4.39 Å². The third-order valence-electron chi connectivity index (χ3n) is 3.06. The number of hydrogen-bond donors (Lipinski definition) is 2. The van der Waals surface area contributed by atoms with Gasteiger partial charge in [-0.1, -0.05) is 24.3 Å². The molecule has 0 aromatic heterocycles. The molecule has 0 unspecified atom stereocenters. The minimum absolute atomic E-state index is 0.110. The van der Waals surface area contributed by atoms with Crippen LogP contribution in [0.25, 0.3) is 0 Å². The molecule has 0 aliphatic carbocycles. The molecule has 0 atom stereocenters. The summed E-state index contributed by atoms with van der Waals surface area (Å²) in [5.74, 6) is 0.0949. The van der Waals surface area contributed by atoms with Crippen molar-refractivity contribution in [1.82, 2.24) is 5.32 Å². The molecule has 2 rings (SSSR count). The lowest BCUT2D eigenvalue weighted by Gasteiger charge is -2.10. The lowest BCUT2D eigenvalue weighted by molar-refractivity contribution is -0.115. The molecular formula is C18H21FN2O2. The zero-order valence-electron chi connectivity index (χ0n) is 13.3. The lowest BCUT2D eigenvalue weighted by atomic mass is 10.2. The fraction of sp³-hybridized carbons (Fsp3) is 0.278. The van der Waals surface area contributed by atoms with E-state index in [0.29, 0.717) is 6.54 Å². The average molecular weight is 316 g/mol. The van der Waals surface area contributed by atoms with E-state index >= 15 is 0 Å². The molecule has 2 aromatic rings. The first-order valence-corrected chi connectivity index (χ1v) is 7.55. The van der Waals surface area contributed by atoms with Gasteiger partial charge in [0.15, 0.2) is 0 Å². The number of anilines is 1. The second-order valence-electron chi connectivity index (χ2n) is 5.44. The van der Waals surface area contributed by atoms with Crippen LogP contribution in [0.2, 0.25) is 0 Å². The van der Waals surface area contributed by atoms with Crippen molar-refractivity contribution in [3.05, 3.63) is 59.9 Å². The van der Waals surface area contributed by atoms with Gasteiger partial charge < -0.3 is 15.4 Å². The summed E-state index contributed by atoms with van der Waals surface area (Å²) in [7, 11) is 0. The third-order valence-corrected chi connectivity index (χ3v) is 3.06. The molecule has 2 aromatic carbocycles. The summed E-state index contributed by atoms with van der Waals surface area (Å²) >= 11 is 0. The van der Waals surface area contributed by atoms with Crippen molar-refractivity contribution in [2.24, 2.45) is 0 Å². The molecule has 0 aliphatic rings. The highest BCUT2D eigenvalue weighted by Gasteiger charge is 2.06. The van der Waals surface area contributed by atoms with E-state index in [1.165, 1.54) is 12.1 Å². The van der Waals surface area contributed by atoms with E-state index in [0.717, 1.165) is 11.3 Å². The number of amides is 1. The topological polar surface area (TPSA) is 50.4 Å². The molecule has 0 saturated carbocycles. The van der Waals surface area contributed by atoms with Crippen LogP contribution in [0.3, 0.4) is 0 Å². The van der Waals surface area contributed by atoms with E-state index in [9.17, 15) is 9.18 Å². The quantitative estimate of drug-likeness (QED) is 0.824.